The van der Waals surface area contributed by atoms with Gasteiger partial charge >= 0.3 is 15.7 Å². The van der Waals surface area contributed by atoms with E-state index in [9.17, 15) is 12.6 Å². The summed E-state index contributed by atoms with van der Waals surface area (Å²) in [5.74, 6) is 0.575. The van der Waals surface area contributed by atoms with Crippen molar-refractivity contribution in [3.8, 4) is 5.75 Å². The van der Waals surface area contributed by atoms with Gasteiger partial charge in [0.2, 0.25) is 9.84 Å². The summed E-state index contributed by atoms with van der Waals surface area (Å²) in [5.41, 5.74) is 0. The molecule has 0 aliphatic rings. The van der Waals surface area contributed by atoms with Gasteiger partial charge in [0.05, 0.1) is 12.0 Å². The van der Waals surface area contributed by atoms with Crippen molar-refractivity contribution in [3.63, 3.8) is 0 Å². The highest BCUT2D eigenvalue weighted by molar-refractivity contribution is 8.02. The van der Waals surface area contributed by atoms with E-state index in [1.807, 2.05) is 0 Å². The predicted molar refractivity (Wildman–Crippen MR) is 64.8 cm³/mol. The summed E-state index contributed by atoms with van der Waals surface area (Å²) in [6, 6.07) is 5.98. The Labute approximate surface area is 104 Å². The van der Waals surface area contributed by atoms with Crippen LogP contribution in [-0.2, 0) is 25.7 Å². The second-order valence-corrected chi connectivity index (χ2v) is 7.61. The minimum absolute atomic E-state index is 0. The average molecular weight is 281 g/mol. The zero-order valence-corrected chi connectivity index (χ0v) is 11.3. The van der Waals surface area contributed by atoms with Crippen molar-refractivity contribution in [2.45, 2.75) is 22.8 Å². The number of sulfone groups is 1. The van der Waals surface area contributed by atoms with E-state index in [0.717, 1.165) is 0 Å². The van der Waals surface area contributed by atoms with Crippen LogP contribution in [0.4, 0.5) is 4.70 Å². The first-order valence-electron chi connectivity index (χ1n) is 4.55. The first-order valence-corrected chi connectivity index (χ1v) is 6.77. The molecule has 0 radical (unpaired) electrons. The molecule has 0 aliphatic carbocycles. The van der Waals surface area contributed by atoms with Gasteiger partial charge in [-0.1, -0.05) is 0 Å². The van der Waals surface area contributed by atoms with Gasteiger partial charge in [-0.2, -0.15) is 0 Å². The van der Waals surface area contributed by atoms with Crippen LogP contribution in [0.2, 0.25) is 0 Å². The van der Waals surface area contributed by atoms with Crippen molar-refractivity contribution in [1.82, 2.24) is 0 Å². The minimum atomic E-state index is -3.62. The van der Waals surface area contributed by atoms with Crippen LogP contribution in [0.25, 0.3) is 0 Å². The number of halogens is 1. The van der Waals surface area contributed by atoms with Gasteiger partial charge in [0.15, 0.2) is 0 Å². The third kappa shape index (κ3) is 2.98. The smallest absolute Gasteiger partial charge is 0.482 e. The molecule has 1 rings (SSSR count). The van der Waals surface area contributed by atoms with Crippen LogP contribution in [0.15, 0.2) is 29.2 Å². The lowest BCUT2D eigenvalue weighted by atomic mass is 10.3. The lowest BCUT2D eigenvalue weighted by molar-refractivity contribution is 0.414. The first-order chi connectivity index (χ1) is 7.35. The van der Waals surface area contributed by atoms with Crippen molar-refractivity contribution in [1.29, 1.82) is 0 Å². The second-order valence-electron chi connectivity index (χ2n) is 3.66. The lowest BCUT2D eigenvalue weighted by Crippen LogP contribution is -2.30. The molecule has 96 valence electrons. The van der Waals surface area contributed by atoms with E-state index in [0.29, 0.717) is 5.75 Å². The van der Waals surface area contributed by atoms with Crippen molar-refractivity contribution in [2.24, 2.45) is 0 Å². The normalized spacial score (nSPS) is 11.5. The van der Waals surface area contributed by atoms with E-state index in [2.05, 4.69) is 0 Å². The first kappa shape index (κ1) is 15.9. The largest absolute Gasteiger partial charge is 0.497 e. The fourth-order valence-corrected chi connectivity index (χ4v) is 2.79. The quantitative estimate of drug-likeness (QED) is 0.789. The molecule has 0 atom stereocenters. The molecule has 0 heterocycles. The molecule has 0 saturated carbocycles. The monoisotopic (exact) mass is 281 g/mol. The van der Waals surface area contributed by atoms with E-state index in [4.69, 9.17) is 4.74 Å². The van der Waals surface area contributed by atoms with Crippen LogP contribution in [-0.4, -0.2) is 19.6 Å². The number of benzene rings is 1. The highest BCUT2D eigenvalue weighted by Crippen LogP contribution is 2.26. The van der Waals surface area contributed by atoms with E-state index in [-0.39, 0.29) is 21.3 Å². The maximum absolute atomic E-state index is 12.0. The molecule has 0 N–H and O–H groups in total. The molecular formula is C10H14FO4S2+. The van der Waals surface area contributed by atoms with Gasteiger partial charge in [-0.05, 0) is 24.3 Å². The highest BCUT2D eigenvalue weighted by atomic mass is 32.3. The topological polar surface area (TPSA) is 60.4 Å². The number of ether oxygens (including phenoxy) is 1. The molecule has 17 heavy (non-hydrogen) atoms. The molecule has 7 heteroatoms. The molecule has 0 unspecified atom stereocenters. The molecule has 4 nitrogen and oxygen atoms in total. The van der Waals surface area contributed by atoms with Gasteiger partial charge in [0.25, 0.3) is 0 Å². The fraction of sp³-hybridized carbons (Fsp3) is 0.400. The Morgan fingerprint density at radius 2 is 1.65 bits per heavy atom. The van der Waals surface area contributed by atoms with Crippen LogP contribution in [0, 0.1) is 0 Å². The Kier molecular flexibility index (Phi) is 5.15. The molecule has 0 aromatic heterocycles. The summed E-state index contributed by atoms with van der Waals surface area (Å²) >= 11 is 0.0696. The summed E-state index contributed by atoms with van der Waals surface area (Å²) in [4.78, 5) is 0.127. The Bertz CT molecular complexity index is 480. The Morgan fingerprint density at radius 3 is 2.00 bits per heavy atom. The highest BCUT2D eigenvalue weighted by Gasteiger charge is 2.48. The predicted octanol–water partition coefficient (Wildman–Crippen LogP) is 1.79. The molecule has 0 spiro atoms. The Hall–Kier alpha value is -1.08. The molecular weight excluding hydrogens is 267 g/mol. The van der Waals surface area contributed by atoms with Gasteiger partial charge in [0, 0.05) is 18.1 Å². The Morgan fingerprint density at radius 1 is 1.18 bits per heavy atom. The van der Waals surface area contributed by atoms with E-state index < -0.39 is 13.9 Å². The zero-order chi connectivity index (χ0) is 12.4. The number of hydrogen-bond acceptors (Lipinski definition) is 4. The summed E-state index contributed by atoms with van der Waals surface area (Å²) in [6.45, 7) is 2.79. The van der Waals surface area contributed by atoms with E-state index >= 15 is 0 Å². The van der Waals surface area contributed by atoms with Gasteiger partial charge in [-0.25, -0.2) is 8.42 Å². The number of rotatable bonds is 4. The van der Waals surface area contributed by atoms with Crippen LogP contribution < -0.4 is 4.74 Å². The lowest BCUT2D eigenvalue weighted by Gasteiger charge is -2.08. The molecule has 1 aromatic carbocycles. The van der Waals surface area contributed by atoms with Gasteiger partial charge in [-0.15, -0.1) is 0 Å². The maximum atomic E-state index is 12.0. The molecule has 0 fully saturated rings. The van der Waals surface area contributed by atoms with E-state index in [1.54, 1.807) is 12.1 Å². The summed E-state index contributed by atoms with van der Waals surface area (Å²) < 4.78 is 38.4. The molecule has 1 aromatic rings. The van der Waals surface area contributed by atoms with Crippen LogP contribution in [0.1, 0.15) is 13.8 Å². The van der Waals surface area contributed by atoms with Crippen molar-refractivity contribution >= 4 is 21.5 Å². The standard InChI is InChI=1S/C10H13O4S2.FH/c1-10(2,15-11)16(12,13)9-6-4-8(14-3)5-7-9;/h4-7H,1-3H3;1H/q+1;. The van der Waals surface area contributed by atoms with Crippen LogP contribution in [0.5, 0.6) is 5.75 Å². The van der Waals surface area contributed by atoms with Gasteiger partial charge in [0.1, 0.15) is 5.75 Å². The average Bonchev–Trinajstić information content (AvgIpc) is 2.29. The zero-order valence-electron chi connectivity index (χ0n) is 9.67. The van der Waals surface area contributed by atoms with E-state index in [1.165, 1.54) is 33.1 Å². The van der Waals surface area contributed by atoms with Gasteiger partial charge in [-0.3, -0.25) is 4.70 Å². The third-order valence-electron chi connectivity index (χ3n) is 2.22. The molecule has 0 amide bonds. The summed E-state index contributed by atoms with van der Waals surface area (Å²) in [5, 5.41) is 0. The maximum Gasteiger partial charge on any atom is 0.482 e. The van der Waals surface area contributed by atoms with Crippen molar-refractivity contribution in [3.05, 3.63) is 24.3 Å². The van der Waals surface area contributed by atoms with Crippen LogP contribution >= 0.6 is 0 Å². The Balaban J connectivity index is 0.00000256. The number of methoxy groups -OCH3 is 1. The number of hydrogen-bond donors (Lipinski definition) is 0. The fourth-order valence-electron chi connectivity index (χ4n) is 1.08. The third-order valence-corrected chi connectivity index (χ3v) is 5.67. The second kappa shape index (κ2) is 5.50. The SMILES string of the molecule is COc1ccc(S(=O)(=O)C(C)(C)[S+]=O)cc1.F. The minimum Gasteiger partial charge on any atom is -0.497 e. The van der Waals surface area contributed by atoms with Crippen molar-refractivity contribution in [2.75, 3.05) is 7.11 Å². The van der Waals surface area contributed by atoms with Gasteiger partial charge < -0.3 is 4.74 Å². The summed E-state index contributed by atoms with van der Waals surface area (Å²) in [7, 11) is -2.12. The van der Waals surface area contributed by atoms with Crippen LogP contribution in [0.3, 0.4) is 0 Å². The van der Waals surface area contributed by atoms with Crippen molar-refractivity contribution < 1.29 is 22.1 Å². The molecule has 0 aliphatic heterocycles. The molecule has 0 bridgehead atoms. The molecule has 0 saturated heterocycles. The summed E-state index contributed by atoms with van der Waals surface area (Å²) in [6.07, 6.45) is 0.